The van der Waals surface area contributed by atoms with Crippen LogP contribution in [0.2, 0.25) is 5.02 Å². The van der Waals surface area contributed by atoms with E-state index in [1.54, 1.807) is 6.92 Å². The maximum Gasteiger partial charge on any atom is 0.241 e. The van der Waals surface area contributed by atoms with Gasteiger partial charge in [0.1, 0.15) is 0 Å². The molecule has 1 saturated heterocycles. The Balaban J connectivity index is 1.64. The van der Waals surface area contributed by atoms with Crippen LogP contribution in [0.5, 0.6) is 0 Å². The van der Waals surface area contributed by atoms with E-state index in [1.165, 1.54) is 0 Å². The number of hydrogen-bond donors (Lipinski definition) is 0. The average molecular weight is 335 g/mol. The standard InChI is InChI=1S/C16H19ClN4O2/c1-12(22)21-7-3-6-20(8-9-21)11-15-18-16(19-23-15)13-4-2-5-14(17)10-13/h2,4-5,10H,3,6-9,11H2,1H3. The highest BCUT2D eigenvalue weighted by Crippen LogP contribution is 2.20. The summed E-state index contributed by atoms with van der Waals surface area (Å²) >= 11 is 5.99. The lowest BCUT2D eigenvalue weighted by Gasteiger charge is -2.19. The highest BCUT2D eigenvalue weighted by molar-refractivity contribution is 6.30. The summed E-state index contributed by atoms with van der Waals surface area (Å²) in [7, 11) is 0. The van der Waals surface area contributed by atoms with Gasteiger partial charge in [0.25, 0.3) is 0 Å². The fraction of sp³-hybridized carbons (Fsp3) is 0.438. The van der Waals surface area contributed by atoms with Crippen LogP contribution in [0.25, 0.3) is 11.4 Å². The van der Waals surface area contributed by atoms with Gasteiger partial charge >= 0.3 is 0 Å². The van der Waals surface area contributed by atoms with E-state index in [0.717, 1.165) is 38.2 Å². The Kier molecular flexibility index (Phi) is 4.93. The molecule has 0 spiro atoms. The van der Waals surface area contributed by atoms with Gasteiger partial charge < -0.3 is 9.42 Å². The highest BCUT2D eigenvalue weighted by atomic mass is 35.5. The van der Waals surface area contributed by atoms with Crippen LogP contribution in [0, 0.1) is 0 Å². The molecule has 0 saturated carbocycles. The summed E-state index contributed by atoms with van der Waals surface area (Å²) in [6.45, 7) is 5.49. The molecule has 1 aliphatic rings. The third-order valence-electron chi connectivity index (χ3n) is 3.94. The summed E-state index contributed by atoms with van der Waals surface area (Å²) in [6, 6.07) is 7.38. The van der Waals surface area contributed by atoms with E-state index in [-0.39, 0.29) is 5.91 Å². The molecule has 1 fully saturated rings. The maximum absolute atomic E-state index is 11.5. The number of amides is 1. The van der Waals surface area contributed by atoms with Crippen LogP contribution in [0.4, 0.5) is 0 Å². The predicted octanol–water partition coefficient (Wildman–Crippen LogP) is 2.44. The van der Waals surface area contributed by atoms with Crippen LogP contribution in [0.1, 0.15) is 19.2 Å². The molecule has 0 bridgehead atoms. The molecule has 0 atom stereocenters. The van der Waals surface area contributed by atoms with Crippen LogP contribution in [0.15, 0.2) is 28.8 Å². The Bertz CT molecular complexity index is 688. The van der Waals surface area contributed by atoms with Crippen molar-refractivity contribution >= 4 is 17.5 Å². The van der Waals surface area contributed by atoms with Crippen molar-refractivity contribution in [3.8, 4) is 11.4 Å². The molecule has 122 valence electrons. The van der Waals surface area contributed by atoms with Gasteiger partial charge in [0, 0.05) is 43.7 Å². The minimum Gasteiger partial charge on any atom is -0.342 e. The molecule has 0 unspecified atom stereocenters. The number of hydrogen-bond acceptors (Lipinski definition) is 5. The quantitative estimate of drug-likeness (QED) is 0.862. The van der Waals surface area contributed by atoms with E-state index in [0.29, 0.717) is 23.3 Å². The molecule has 0 radical (unpaired) electrons. The first-order valence-electron chi connectivity index (χ1n) is 7.68. The van der Waals surface area contributed by atoms with Crippen molar-refractivity contribution < 1.29 is 9.32 Å². The largest absolute Gasteiger partial charge is 0.342 e. The van der Waals surface area contributed by atoms with Crippen LogP contribution >= 0.6 is 11.6 Å². The zero-order valence-corrected chi connectivity index (χ0v) is 13.8. The molecule has 0 N–H and O–H groups in total. The van der Waals surface area contributed by atoms with Gasteiger partial charge in [-0.05, 0) is 18.6 Å². The van der Waals surface area contributed by atoms with Crippen molar-refractivity contribution in [3.63, 3.8) is 0 Å². The first-order chi connectivity index (χ1) is 11.1. The second-order valence-electron chi connectivity index (χ2n) is 5.66. The van der Waals surface area contributed by atoms with E-state index in [9.17, 15) is 4.79 Å². The minimum atomic E-state index is 0.132. The second kappa shape index (κ2) is 7.10. The van der Waals surface area contributed by atoms with Gasteiger partial charge in [-0.3, -0.25) is 9.69 Å². The zero-order valence-electron chi connectivity index (χ0n) is 13.0. The Morgan fingerprint density at radius 3 is 2.96 bits per heavy atom. The summed E-state index contributed by atoms with van der Waals surface area (Å²) in [4.78, 5) is 20.0. The third-order valence-corrected chi connectivity index (χ3v) is 4.18. The van der Waals surface area contributed by atoms with E-state index in [2.05, 4.69) is 15.0 Å². The molecule has 1 amide bonds. The third kappa shape index (κ3) is 4.09. The van der Waals surface area contributed by atoms with Gasteiger partial charge in [-0.2, -0.15) is 4.98 Å². The normalized spacial score (nSPS) is 16.3. The van der Waals surface area contributed by atoms with Crippen molar-refractivity contribution in [2.24, 2.45) is 0 Å². The average Bonchev–Trinajstić information content (AvgIpc) is 2.85. The maximum atomic E-state index is 11.5. The number of benzene rings is 1. The van der Waals surface area contributed by atoms with Crippen molar-refractivity contribution in [1.82, 2.24) is 19.9 Å². The van der Waals surface area contributed by atoms with Crippen molar-refractivity contribution in [3.05, 3.63) is 35.2 Å². The van der Waals surface area contributed by atoms with Gasteiger partial charge in [-0.15, -0.1) is 0 Å². The van der Waals surface area contributed by atoms with Crippen LogP contribution in [-0.4, -0.2) is 52.0 Å². The van der Waals surface area contributed by atoms with Gasteiger partial charge in [0.15, 0.2) is 0 Å². The van der Waals surface area contributed by atoms with Crippen molar-refractivity contribution in [1.29, 1.82) is 0 Å². The lowest BCUT2D eigenvalue weighted by atomic mass is 10.2. The molecule has 23 heavy (non-hydrogen) atoms. The molecule has 7 heteroatoms. The van der Waals surface area contributed by atoms with Gasteiger partial charge in [0.05, 0.1) is 6.54 Å². The SMILES string of the molecule is CC(=O)N1CCCN(Cc2nc(-c3cccc(Cl)c3)no2)CC1. The topological polar surface area (TPSA) is 62.5 Å². The summed E-state index contributed by atoms with van der Waals surface area (Å²) in [5.74, 6) is 1.26. The fourth-order valence-corrected chi connectivity index (χ4v) is 2.89. The second-order valence-corrected chi connectivity index (χ2v) is 6.09. The Labute approximate surface area is 140 Å². The molecule has 1 aromatic heterocycles. The molecule has 6 nitrogen and oxygen atoms in total. The molecular formula is C16H19ClN4O2. The number of nitrogens with zero attached hydrogens (tertiary/aromatic N) is 4. The minimum absolute atomic E-state index is 0.132. The Hall–Kier alpha value is -1.92. The molecule has 3 rings (SSSR count). The lowest BCUT2D eigenvalue weighted by Crippen LogP contribution is -2.33. The molecule has 1 aromatic carbocycles. The molecule has 2 heterocycles. The Morgan fingerprint density at radius 1 is 1.30 bits per heavy atom. The Morgan fingerprint density at radius 2 is 2.17 bits per heavy atom. The van der Waals surface area contributed by atoms with E-state index >= 15 is 0 Å². The van der Waals surface area contributed by atoms with Crippen LogP contribution < -0.4 is 0 Å². The highest BCUT2D eigenvalue weighted by Gasteiger charge is 2.19. The van der Waals surface area contributed by atoms with Crippen molar-refractivity contribution in [2.75, 3.05) is 26.2 Å². The first-order valence-corrected chi connectivity index (χ1v) is 8.06. The smallest absolute Gasteiger partial charge is 0.241 e. The van der Waals surface area contributed by atoms with E-state index in [4.69, 9.17) is 16.1 Å². The number of carbonyl (C=O) groups excluding carboxylic acids is 1. The van der Waals surface area contributed by atoms with Crippen LogP contribution in [0.3, 0.4) is 0 Å². The molecule has 2 aromatic rings. The number of halogens is 1. The lowest BCUT2D eigenvalue weighted by molar-refractivity contribution is -0.128. The molecule has 0 aliphatic carbocycles. The van der Waals surface area contributed by atoms with Crippen molar-refractivity contribution in [2.45, 2.75) is 19.9 Å². The summed E-state index contributed by atoms with van der Waals surface area (Å²) in [6.07, 6.45) is 0.953. The fourth-order valence-electron chi connectivity index (χ4n) is 2.70. The summed E-state index contributed by atoms with van der Waals surface area (Å²) in [5.41, 5.74) is 0.839. The summed E-state index contributed by atoms with van der Waals surface area (Å²) in [5, 5.41) is 4.67. The van der Waals surface area contributed by atoms with E-state index < -0.39 is 0 Å². The molecule has 1 aliphatic heterocycles. The summed E-state index contributed by atoms with van der Waals surface area (Å²) < 4.78 is 5.35. The number of carbonyl (C=O) groups is 1. The van der Waals surface area contributed by atoms with Crippen LogP contribution in [-0.2, 0) is 11.3 Å². The first kappa shape index (κ1) is 16.0. The monoisotopic (exact) mass is 334 g/mol. The van der Waals surface area contributed by atoms with Gasteiger partial charge in [-0.1, -0.05) is 28.9 Å². The van der Waals surface area contributed by atoms with Gasteiger partial charge in [-0.25, -0.2) is 0 Å². The number of aromatic nitrogens is 2. The number of rotatable bonds is 3. The predicted molar refractivity (Wildman–Crippen MR) is 86.9 cm³/mol. The van der Waals surface area contributed by atoms with E-state index in [1.807, 2.05) is 29.2 Å². The van der Waals surface area contributed by atoms with Gasteiger partial charge in [0.2, 0.25) is 17.6 Å². The molecular weight excluding hydrogens is 316 g/mol. The zero-order chi connectivity index (χ0) is 16.2.